The van der Waals surface area contributed by atoms with Gasteiger partial charge < -0.3 is 0 Å². The van der Waals surface area contributed by atoms with Crippen LogP contribution in [-0.4, -0.2) is 0 Å². The third-order valence-corrected chi connectivity index (χ3v) is 5.12. The van der Waals surface area contributed by atoms with Crippen LogP contribution in [0.4, 0.5) is 0 Å². The number of hydrogen-bond acceptors (Lipinski definition) is 0. The summed E-state index contributed by atoms with van der Waals surface area (Å²) >= 11 is 0. The van der Waals surface area contributed by atoms with Crippen LogP contribution in [0.3, 0.4) is 0 Å². The minimum atomic E-state index is 1.31. The van der Waals surface area contributed by atoms with Crippen molar-refractivity contribution < 1.29 is 0 Å². The van der Waals surface area contributed by atoms with Gasteiger partial charge >= 0.3 is 0 Å². The lowest BCUT2D eigenvalue weighted by Crippen LogP contribution is -1.82. The van der Waals surface area contributed by atoms with E-state index in [-0.39, 0.29) is 0 Å². The van der Waals surface area contributed by atoms with Gasteiger partial charge in [0.1, 0.15) is 0 Å². The van der Waals surface area contributed by atoms with E-state index in [2.05, 4.69) is 26.0 Å². The molecular formula is C24H48. The first kappa shape index (κ1) is 23.7. The molecule has 0 spiro atoms. The van der Waals surface area contributed by atoms with Crippen LogP contribution in [0.5, 0.6) is 0 Å². The molecule has 0 fully saturated rings. The molecule has 24 heavy (non-hydrogen) atoms. The summed E-state index contributed by atoms with van der Waals surface area (Å²) in [6.07, 6.45) is 33.4. The van der Waals surface area contributed by atoms with Crippen molar-refractivity contribution in [1.82, 2.24) is 0 Å². The summed E-state index contributed by atoms with van der Waals surface area (Å²) in [4.78, 5) is 0. The molecule has 0 heterocycles. The molecule has 0 saturated heterocycles. The normalized spacial score (nSPS) is 11.6. The Morgan fingerprint density at radius 1 is 0.333 bits per heavy atom. The number of rotatable bonds is 20. The van der Waals surface area contributed by atoms with Crippen molar-refractivity contribution in [3.63, 3.8) is 0 Å². The zero-order chi connectivity index (χ0) is 17.6. The SMILES string of the molecule is CCCCCCCCC/C=C\CCCCCCCCCCCCC. The highest BCUT2D eigenvalue weighted by atomic mass is 14.0. The van der Waals surface area contributed by atoms with E-state index in [4.69, 9.17) is 0 Å². The molecule has 0 bridgehead atoms. The molecule has 0 heteroatoms. The maximum atomic E-state index is 2.44. The molecule has 144 valence electrons. The van der Waals surface area contributed by atoms with Gasteiger partial charge in [0.15, 0.2) is 0 Å². The molecule has 0 aromatic heterocycles. The summed E-state index contributed by atoms with van der Waals surface area (Å²) in [5.74, 6) is 0. The topological polar surface area (TPSA) is 0 Å². The average Bonchev–Trinajstić information content (AvgIpc) is 2.60. The van der Waals surface area contributed by atoms with Gasteiger partial charge in [-0.2, -0.15) is 0 Å². The first-order valence-electron chi connectivity index (χ1n) is 11.6. The number of allylic oxidation sites excluding steroid dienone is 2. The van der Waals surface area contributed by atoms with Gasteiger partial charge in [-0.25, -0.2) is 0 Å². The fourth-order valence-electron chi connectivity index (χ4n) is 3.38. The van der Waals surface area contributed by atoms with E-state index in [0.29, 0.717) is 0 Å². The lowest BCUT2D eigenvalue weighted by molar-refractivity contribution is 0.550. The Balaban J connectivity index is 3.03. The van der Waals surface area contributed by atoms with Gasteiger partial charge in [-0.1, -0.05) is 129 Å². The van der Waals surface area contributed by atoms with Crippen molar-refractivity contribution in [1.29, 1.82) is 0 Å². The highest BCUT2D eigenvalue weighted by molar-refractivity contribution is 4.81. The molecule has 0 aromatic carbocycles. The minimum absolute atomic E-state index is 1.31. The van der Waals surface area contributed by atoms with Crippen molar-refractivity contribution in [3.05, 3.63) is 12.2 Å². The van der Waals surface area contributed by atoms with Crippen LogP contribution in [-0.2, 0) is 0 Å². The van der Waals surface area contributed by atoms with E-state index in [9.17, 15) is 0 Å². The molecule has 0 rings (SSSR count). The summed E-state index contributed by atoms with van der Waals surface area (Å²) < 4.78 is 0. The van der Waals surface area contributed by atoms with Crippen molar-refractivity contribution in [2.75, 3.05) is 0 Å². The lowest BCUT2D eigenvalue weighted by atomic mass is 10.0. The van der Waals surface area contributed by atoms with Gasteiger partial charge in [-0.05, 0) is 25.7 Å². The van der Waals surface area contributed by atoms with E-state index in [1.165, 1.54) is 128 Å². The molecule has 0 nitrogen and oxygen atoms in total. The predicted octanol–water partition coefficient (Wildman–Crippen LogP) is 9.38. The Labute approximate surface area is 154 Å². The zero-order valence-electron chi connectivity index (χ0n) is 17.3. The van der Waals surface area contributed by atoms with Crippen molar-refractivity contribution in [3.8, 4) is 0 Å². The monoisotopic (exact) mass is 336 g/mol. The summed E-state index contributed by atoms with van der Waals surface area (Å²) in [6.45, 7) is 4.59. The van der Waals surface area contributed by atoms with Gasteiger partial charge in [-0.15, -0.1) is 0 Å². The number of unbranched alkanes of at least 4 members (excludes halogenated alkanes) is 18. The lowest BCUT2D eigenvalue weighted by Gasteiger charge is -2.01. The summed E-state index contributed by atoms with van der Waals surface area (Å²) in [6, 6.07) is 0. The fraction of sp³-hybridized carbons (Fsp3) is 0.917. The Kier molecular flexibility index (Phi) is 22.5. The highest BCUT2D eigenvalue weighted by Gasteiger charge is 1.93. The second kappa shape index (κ2) is 22.7. The van der Waals surface area contributed by atoms with Gasteiger partial charge in [0.2, 0.25) is 0 Å². The van der Waals surface area contributed by atoms with Crippen molar-refractivity contribution >= 4 is 0 Å². The smallest absolute Gasteiger partial charge is 0.0351 e. The molecule has 0 unspecified atom stereocenters. The van der Waals surface area contributed by atoms with Crippen LogP contribution in [0.2, 0.25) is 0 Å². The van der Waals surface area contributed by atoms with Crippen LogP contribution >= 0.6 is 0 Å². The second-order valence-electron chi connectivity index (χ2n) is 7.71. The second-order valence-corrected chi connectivity index (χ2v) is 7.71. The minimum Gasteiger partial charge on any atom is -0.0885 e. The van der Waals surface area contributed by atoms with Crippen LogP contribution in [0, 0.1) is 0 Å². The molecule has 0 aliphatic heterocycles. The van der Waals surface area contributed by atoms with E-state index in [0.717, 1.165) is 0 Å². The Bertz CT molecular complexity index is 228. The maximum absolute atomic E-state index is 2.44. The van der Waals surface area contributed by atoms with Crippen LogP contribution < -0.4 is 0 Å². The van der Waals surface area contributed by atoms with E-state index in [1.807, 2.05) is 0 Å². The largest absolute Gasteiger partial charge is 0.0885 e. The summed E-state index contributed by atoms with van der Waals surface area (Å²) in [5, 5.41) is 0. The standard InChI is InChI=1S/C24H48/c1-3-5-7-9-11-13-15-17-19-21-23-24-22-20-18-16-14-12-10-8-6-4-2/h19,21H,3-18,20,22-24H2,1-2H3/b21-19-. The molecule has 0 radical (unpaired) electrons. The quantitative estimate of drug-likeness (QED) is 0.153. The van der Waals surface area contributed by atoms with Gasteiger partial charge in [-0.3, -0.25) is 0 Å². The fourth-order valence-corrected chi connectivity index (χ4v) is 3.38. The van der Waals surface area contributed by atoms with Crippen molar-refractivity contribution in [2.45, 2.75) is 142 Å². The third-order valence-electron chi connectivity index (χ3n) is 5.12. The molecule has 0 saturated carbocycles. The van der Waals surface area contributed by atoms with E-state index < -0.39 is 0 Å². The molecule has 0 atom stereocenters. The summed E-state index contributed by atoms with van der Waals surface area (Å²) in [7, 11) is 0. The Morgan fingerprint density at radius 3 is 0.875 bits per heavy atom. The Morgan fingerprint density at radius 2 is 0.583 bits per heavy atom. The van der Waals surface area contributed by atoms with Gasteiger partial charge in [0.25, 0.3) is 0 Å². The van der Waals surface area contributed by atoms with E-state index in [1.54, 1.807) is 0 Å². The first-order valence-corrected chi connectivity index (χ1v) is 11.6. The predicted molar refractivity (Wildman–Crippen MR) is 113 cm³/mol. The van der Waals surface area contributed by atoms with Gasteiger partial charge in [0.05, 0.1) is 0 Å². The Hall–Kier alpha value is -0.260. The molecule has 0 aromatic rings. The maximum Gasteiger partial charge on any atom is -0.0351 e. The molecule has 0 N–H and O–H groups in total. The molecule has 0 aliphatic carbocycles. The summed E-state index contributed by atoms with van der Waals surface area (Å²) in [5.41, 5.74) is 0. The van der Waals surface area contributed by atoms with Crippen LogP contribution in [0.1, 0.15) is 142 Å². The van der Waals surface area contributed by atoms with Crippen molar-refractivity contribution in [2.24, 2.45) is 0 Å². The van der Waals surface area contributed by atoms with Gasteiger partial charge in [0, 0.05) is 0 Å². The molecule has 0 amide bonds. The van der Waals surface area contributed by atoms with Crippen LogP contribution in [0.15, 0.2) is 12.2 Å². The molecule has 0 aliphatic rings. The van der Waals surface area contributed by atoms with Crippen LogP contribution in [0.25, 0.3) is 0 Å². The first-order chi connectivity index (χ1) is 11.9. The average molecular weight is 337 g/mol. The number of hydrogen-bond donors (Lipinski definition) is 0. The highest BCUT2D eigenvalue weighted by Crippen LogP contribution is 2.12. The molecular weight excluding hydrogens is 288 g/mol. The third kappa shape index (κ3) is 21.7. The van der Waals surface area contributed by atoms with E-state index >= 15 is 0 Å². The zero-order valence-corrected chi connectivity index (χ0v) is 17.3.